The number of rotatable bonds is 0. The van der Waals surface area contributed by atoms with E-state index >= 15 is 0 Å². The van der Waals surface area contributed by atoms with Crippen molar-refractivity contribution in [2.75, 3.05) is 0 Å². The molecule has 8 rings (SSSR count). The number of hydrogen-bond acceptors (Lipinski definition) is 0. The summed E-state index contributed by atoms with van der Waals surface area (Å²) in [6.07, 6.45) is 20.0. The maximum absolute atomic E-state index is 2.99. The summed E-state index contributed by atoms with van der Waals surface area (Å²) in [4.78, 5) is 0. The molecule has 0 saturated carbocycles. The van der Waals surface area contributed by atoms with Crippen LogP contribution in [-0.4, -0.2) is 6.51 Å². The van der Waals surface area contributed by atoms with Crippen LogP contribution in [0.4, 0.5) is 9.41 Å². The Labute approximate surface area is 302 Å². The number of hydrogen-bond donors (Lipinski definition) is 0. The molecule has 0 heterocycles. The normalized spacial score (nSPS) is 11.3. The first-order valence-electron chi connectivity index (χ1n) is 14.9. The molecule has 0 amide bonds. The van der Waals surface area contributed by atoms with Gasteiger partial charge in [0.2, 0.25) is 0 Å². The summed E-state index contributed by atoms with van der Waals surface area (Å²) in [5.41, 5.74) is 0. The molecule has 0 fully saturated rings. The van der Waals surface area contributed by atoms with Gasteiger partial charge < -0.3 is 0 Å². The van der Waals surface area contributed by atoms with Gasteiger partial charge in [0.1, 0.15) is 0 Å². The van der Waals surface area contributed by atoms with Crippen molar-refractivity contribution >= 4 is 49.6 Å². The quantitative estimate of drug-likeness (QED) is 0.105. The van der Waals surface area contributed by atoms with Gasteiger partial charge in [0.05, 0.1) is 0 Å². The first-order chi connectivity index (χ1) is 21.4. The van der Waals surface area contributed by atoms with Crippen molar-refractivity contribution in [3.05, 3.63) is 158 Å². The number of benzene rings is 4. The fourth-order valence-electron chi connectivity index (χ4n) is 4.49. The maximum Gasteiger partial charge on any atom is -0.0771 e. The van der Waals surface area contributed by atoms with Crippen molar-refractivity contribution < 1.29 is 57.2 Å². The summed E-state index contributed by atoms with van der Waals surface area (Å²) in [5.74, 6) is 0. The molecule has 0 aromatic heterocycles. The standard InChI is InChI=1S/2C13H9.2C5H5.2C3H6.2FH.2Hf/c2*1-3-7-12-10(5-1)9-11-6-2-4-8-13(11)12;2*1-2-4-5-3-1;2*1-3-2;;;;/h2*1-9H;2*1-3H,4H2;2*1-2H3;2*1H;;/q4*-1;;;;;2*+2. The Morgan fingerprint density at radius 3 is 0.891 bits per heavy atom. The van der Waals surface area contributed by atoms with E-state index in [2.05, 4.69) is 161 Å². The van der Waals surface area contributed by atoms with Gasteiger partial charge >= 0.3 is 82.0 Å². The minimum absolute atomic E-state index is 0. The molecule has 6 aromatic rings. The third kappa shape index (κ3) is 14.6. The second kappa shape index (κ2) is 23.3. The summed E-state index contributed by atoms with van der Waals surface area (Å²) < 4.78 is 3.11. The third-order valence-electron chi connectivity index (χ3n) is 6.22. The van der Waals surface area contributed by atoms with E-state index in [1.54, 1.807) is 6.51 Å². The Balaban J connectivity index is 0.000000298. The first kappa shape index (κ1) is 40.9. The molecule has 232 valence electrons. The van der Waals surface area contributed by atoms with Crippen LogP contribution in [0.2, 0.25) is 0 Å². The van der Waals surface area contributed by atoms with E-state index in [0.29, 0.717) is 0 Å². The van der Waals surface area contributed by atoms with Crippen LogP contribution in [0, 0.1) is 12.2 Å². The molecular weight excluding hydrogens is 899 g/mol. The molecule has 0 N–H and O–H groups in total. The molecular formula is C42H42F2Hf2. The van der Waals surface area contributed by atoms with E-state index in [1.165, 1.54) is 90.9 Å². The average Bonchev–Trinajstić information content (AvgIpc) is 3.85. The zero-order valence-corrected chi connectivity index (χ0v) is 34.3. The molecule has 0 spiro atoms. The smallest absolute Gasteiger partial charge is 0.0771 e. The zero-order chi connectivity index (χ0) is 31.6. The van der Waals surface area contributed by atoms with Crippen LogP contribution in [0.1, 0.15) is 40.5 Å². The van der Waals surface area contributed by atoms with Crippen molar-refractivity contribution in [2.24, 2.45) is 0 Å². The maximum atomic E-state index is 2.99. The van der Waals surface area contributed by atoms with Crippen molar-refractivity contribution in [1.82, 2.24) is 0 Å². The Kier molecular flexibility index (Phi) is 20.7. The predicted octanol–water partition coefficient (Wildman–Crippen LogP) is 11.8. The topological polar surface area (TPSA) is 0 Å². The molecule has 0 saturated heterocycles. The Bertz CT molecular complexity index is 1630. The molecule has 0 atom stereocenters. The van der Waals surface area contributed by atoms with Gasteiger partial charge in [0.15, 0.2) is 0 Å². The van der Waals surface area contributed by atoms with Gasteiger partial charge in [-0.1, -0.05) is 72.8 Å². The number of allylic oxidation sites excluding steroid dienone is 8. The van der Waals surface area contributed by atoms with Crippen LogP contribution in [0.15, 0.2) is 146 Å². The largest absolute Gasteiger partial charge is 0.273 e. The van der Waals surface area contributed by atoms with E-state index in [9.17, 15) is 0 Å². The summed E-state index contributed by atoms with van der Waals surface area (Å²) in [7, 11) is 0. The van der Waals surface area contributed by atoms with Gasteiger partial charge in [-0.15, -0.1) is 92.3 Å². The van der Waals surface area contributed by atoms with E-state index in [4.69, 9.17) is 0 Å². The van der Waals surface area contributed by atoms with E-state index < -0.39 is 0 Å². The Morgan fingerprint density at radius 2 is 0.717 bits per heavy atom. The molecule has 2 aliphatic carbocycles. The number of fused-ring (bicyclic) bond motifs is 6. The van der Waals surface area contributed by atoms with Gasteiger partial charge in [-0.2, -0.15) is 12.2 Å². The van der Waals surface area contributed by atoms with Crippen molar-refractivity contribution in [3.8, 4) is 0 Å². The molecule has 2 aliphatic rings. The Morgan fingerprint density at radius 1 is 0.478 bits per heavy atom. The SMILES string of the molecule is C[C](C)=[Hf+2].C[C](C)=[Hf+2].F.F.[C-]1=CC=CC1.[C-]1=CC=CC1.c1ccc2c(c1)[cH-]c1ccccc12.c1ccc2c(c1)[cH-]c1ccccc12. The van der Waals surface area contributed by atoms with E-state index in [0.717, 1.165) is 12.8 Å². The van der Waals surface area contributed by atoms with Gasteiger partial charge in [-0.3, -0.25) is 21.6 Å². The van der Waals surface area contributed by atoms with Crippen molar-refractivity contribution in [2.45, 2.75) is 40.5 Å². The summed E-state index contributed by atoms with van der Waals surface area (Å²) in [5, 5.41) is 10.8. The second-order valence-electron chi connectivity index (χ2n) is 10.6. The molecule has 4 heteroatoms. The predicted molar refractivity (Wildman–Crippen MR) is 195 cm³/mol. The molecule has 0 nitrogen and oxygen atoms in total. The van der Waals surface area contributed by atoms with E-state index in [-0.39, 0.29) is 9.41 Å². The van der Waals surface area contributed by atoms with Crippen LogP contribution < -0.4 is 0 Å². The molecule has 6 aromatic carbocycles. The Hall–Kier alpha value is -3.08. The third-order valence-corrected chi connectivity index (χ3v) is 6.22. The molecule has 0 unspecified atom stereocenters. The summed E-state index contributed by atoms with van der Waals surface area (Å²) in [6, 6.07) is 38.5. The summed E-state index contributed by atoms with van der Waals surface area (Å²) in [6.45, 7) is 8.58. The van der Waals surface area contributed by atoms with Crippen LogP contribution in [0.25, 0.3) is 43.1 Å². The van der Waals surface area contributed by atoms with Crippen LogP contribution in [0.5, 0.6) is 0 Å². The van der Waals surface area contributed by atoms with Gasteiger partial charge in [-0.05, 0) is 0 Å². The van der Waals surface area contributed by atoms with Crippen molar-refractivity contribution in [1.29, 1.82) is 0 Å². The minimum Gasteiger partial charge on any atom is -0.273 e. The van der Waals surface area contributed by atoms with Gasteiger partial charge in [0, 0.05) is 0 Å². The van der Waals surface area contributed by atoms with Crippen molar-refractivity contribution in [3.63, 3.8) is 0 Å². The van der Waals surface area contributed by atoms with Crippen LogP contribution in [-0.2, 0) is 47.8 Å². The van der Waals surface area contributed by atoms with Gasteiger partial charge in [-0.25, -0.2) is 24.3 Å². The van der Waals surface area contributed by atoms with Gasteiger partial charge in [0.25, 0.3) is 0 Å². The van der Waals surface area contributed by atoms with Crippen LogP contribution >= 0.6 is 0 Å². The van der Waals surface area contributed by atoms with E-state index in [1.807, 2.05) is 24.3 Å². The monoisotopic (exact) mass is 944 g/mol. The molecule has 46 heavy (non-hydrogen) atoms. The molecule has 0 radical (unpaired) electrons. The van der Waals surface area contributed by atoms with Crippen LogP contribution in [0.3, 0.4) is 0 Å². The zero-order valence-electron chi connectivity index (χ0n) is 27.1. The first-order valence-corrected chi connectivity index (χ1v) is 18.5. The second-order valence-corrected chi connectivity index (χ2v) is 17.8. The fourth-order valence-corrected chi connectivity index (χ4v) is 4.49. The average molecular weight is 942 g/mol. The fraction of sp³-hybridized carbons (Fsp3) is 0.143. The summed E-state index contributed by atoms with van der Waals surface area (Å²) >= 11 is 2.53. The number of halogens is 2. The molecule has 0 aliphatic heterocycles. The minimum atomic E-state index is 0. The molecule has 0 bridgehead atoms.